The van der Waals surface area contributed by atoms with Gasteiger partial charge in [0.05, 0.1) is 6.54 Å². The van der Waals surface area contributed by atoms with Gasteiger partial charge in [-0.3, -0.25) is 14.2 Å². The Morgan fingerprint density at radius 1 is 1.41 bits per heavy atom. The summed E-state index contributed by atoms with van der Waals surface area (Å²) in [7, 11) is 0. The Bertz CT molecular complexity index is 477. The normalized spacial score (nSPS) is 10.4. The third-order valence-corrected chi connectivity index (χ3v) is 2.10. The van der Waals surface area contributed by atoms with E-state index in [1.807, 2.05) is 12.3 Å². The molecular weight excluding hydrogens is 222 g/mol. The minimum atomic E-state index is -0.347. The molecule has 2 N–H and O–H groups in total. The third-order valence-electron chi connectivity index (χ3n) is 2.10. The fourth-order valence-corrected chi connectivity index (χ4v) is 1.33. The zero-order valence-corrected chi connectivity index (χ0v) is 9.19. The van der Waals surface area contributed by atoms with Crippen molar-refractivity contribution in [3.63, 3.8) is 0 Å². The van der Waals surface area contributed by atoms with E-state index in [1.165, 1.54) is 4.68 Å². The van der Waals surface area contributed by atoms with Crippen LogP contribution >= 0.6 is 0 Å². The van der Waals surface area contributed by atoms with E-state index in [9.17, 15) is 4.79 Å². The van der Waals surface area contributed by atoms with Crippen LogP contribution in [-0.2, 0) is 22.6 Å². The molecule has 0 saturated heterocycles. The quantitative estimate of drug-likeness (QED) is 0.731. The lowest BCUT2D eigenvalue weighted by Gasteiger charge is -2.05. The van der Waals surface area contributed by atoms with Gasteiger partial charge in [-0.15, -0.1) is 0 Å². The standard InChI is InChI=1S/C10H13N5O2/c11-9-2-5-15(13-9)8-10(16)17-7-6-14-4-1-3-12-14/h1-5H,6-8H2,(H2,11,13). The lowest BCUT2D eigenvalue weighted by molar-refractivity contribution is -0.144. The maximum atomic E-state index is 11.4. The monoisotopic (exact) mass is 235 g/mol. The van der Waals surface area contributed by atoms with E-state index < -0.39 is 0 Å². The topological polar surface area (TPSA) is 88.0 Å². The van der Waals surface area contributed by atoms with Gasteiger partial charge in [0.2, 0.25) is 0 Å². The highest BCUT2D eigenvalue weighted by Gasteiger charge is 2.05. The summed E-state index contributed by atoms with van der Waals surface area (Å²) < 4.78 is 8.16. The van der Waals surface area contributed by atoms with Crippen molar-refractivity contribution >= 4 is 11.8 Å². The van der Waals surface area contributed by atoms with Crippen molar-refractivity contribution in [2.75, 3.05) is 12.3 Å². The first-order valence-corrected chi connectivity index (χ1v) is 5.16. The Labute approximate surface area is 97.8 Å². The molecular formula is C10H13N5O2. The van der Waals surface area contributed by atoms with Gasteiger partial charge in [0.1, 0.15) is 19.0 Å². The van der Waals surface area contributed by atoms with Crippen LogP contribution in [0.2, 0.25) is 0 Å². The average Bonchev–Trinajstić information content (AvgIpc) is 2.90. The van der Waals surface area contributed by atoms with E-state index in [2.05, 4.69) is 10.2 Å². The van der Waals surface area contributed by atoms with Gasteiger partial charge in [-0.2, -0.15) is 10.2 Å². The Morgan fingerprint density at radius 3 is 2.94 bits per heavy atom. The summed E-state index contributed by atoms with van der Waals surface area (Å²) in [5, 5.41) is 7.88. The van der Waals surface area contributed by atoms with E-state index in [-0.39, 0.29) is 19.1 Å². The number of nitrogens with two attached hydrogens (primary N) is 1. The Morgan fingerprint density at radius 2 is 2.29 bits per heavy atom. The highest BCUT2D eigenvalue weighted by atomic mass is 16.5. The van der Waals surface area contributed by atoms with Gasteiger partial charge in [-0.05, 0) is 12.1 Å². The van der Waals surface area contributed by atoms with E-state index in [4.69, 9.17) is 10.5 Å². The number of aromatic nitrogens is 4. The van der Waals surface area contributed by atoms with Crippen molar-refractivity contribution in [3.8, 4) is 0 Å². The number of ether oxygens (including phenoxy) is 1. The van der Waals surface area contributed by atoms with Crippen molar-refractivity contribution in [2.24, 2.45) is 0 Å². The molecule has 0 unspecified atom stereocenters. The number of hydrogen-bond donors (Lipinski definition) is 1. The molecule has 0 aliphatic heterocycles. The molecule has 7 nitrogen and oxygen atoms in total. The third kappa shape index (κ3) is 3.33. The van der Waals surface area contributed by atoms with Gasteiger partial charge >= 0.3 is 5.97 Å². The van der Waals surface area contributed by atoms with Crippen LogP contribution in [0.1, 0.15) is 0 Å². The maximum absolute atomic E-state index is 11.4. The van der Waals surface area contributed by atoms with Crippen LogP contribution in [0, 0.1) is 0 Å². The second-order valence-corrected chi connectivity index (χ2v) is 3.43. The molecule has 0 atom stereocenters. The molecule has 2 aromatic rings. The van der Waals surface area contributed by atoms with Gasteiger partial charge in [-0.1, -0.05) is 0 Å². The number of anilines is 1. The second-order valence-electron chi connectivity index (χ2n) is 3.43. The summed E-state index contributed by atoms with van der Waals surface area (Å²) in [6, 6.07) is 3.44. The van der Waals surface area contributed by atoms with E-state index in [0.717, 1.165) is 0 Å². The minimum Gasteiger partial charge on any atom is -0.462 e. The summed E-state index contributed by atoms with van der Waals surface area (Å²) in [6.45, 7) is 0.896. The number of nitrogens with zero attached hydrogens (tertiary/aromatic N) is 4. The highest BCUT2D eigenvalue weighted by molar-refractivity contribution is 5.69. The van der Waals surface area contributed by atoms with Crippen molar-refractivity contribution in [1.29, 1.82) is 0 Å². The van der Waals surface area contributed by atoms with E-state index in [0.29, 0.717) is 12.4 Å². The molecule has 0 spiro atoms. The summed E-state index contributed by atoms with van der Waals surface area (Å²) in [6.07, 6.45) is 5.11. The van der Waals surface area contributed by atoms with Crippen molar-refractivity contribution in [3.05, 3.63) is 30.7 Å². The number of nitrogen functional groups attached to an aromatic ring is 1. The SMILES string of the molecule is Nc1ccn(CC(=O)OCCn2cccn2)n1. The predicted molar refractivity (Wildman–Crippen MR) is 59.8 cm³/mol. The molecule has 2 heterocycles. The molecule has 0 radical (unpaired) electrons. The Balaban J connectivity index is 1.71. The molecule has 0 aliphatic carbocycles. The molecule has 0 aromatic carbocycles. The number of hydrogen-bond acceptors (Lipinski definition) is 5. The average molecular weight is 235 g/mol. The van der Waals surface area contributed by atoms with Crippen LogP contribution in [0.15, 0.2) is 30.7 Å². The maximum Gasteiger partial charge on any atom is 0.327 e. The fourth-order valence-electron chi connectivity index (χ4n) is 1.33. The molecule has 2 aromatic heterocycles. The molecule has 0 saturated carbocycles. The molecule has 7 heteroatoms. The highest BCUT2D eigenvalue weighted by Crippen LogP contribution is 1.96. The molecule has 90 valence electrons. The number of esters is 1. The van der Waals surface area contributed by atoms with Crippen LogP contribution in [-0.4, -0.2) is 32.1 Å². The molecule has 17 heavy (non-hydrogen) atoms. The van der Waals surface area contributed by atoms with Gasteiger partial charge in [0.25, 0.3) is 0 Å². The first-order valence-electron chi connectivity index (χ1n) is 5.16. The summed E-state index contributed by atoms with van der Waals surface area (Å²) in [5.74, 6) is 0.0367. The molecule has 0 bridgehead atoms. The van der Waals surface area contributed by atoms with Gasteiger partial charge < -0.3 is 10.5 Å². The van der Waals surface area contributed by atoms with Gasteiger partial charge in [0, 0.05) is 18.6 Å². The van der Waals surface area contributed by atoms with E-state index in [1.54, 1.807) is 23.1 Å². The first kappa shape index (κ1) is 11.2. The van der Waals surface area contributed by atoms with E-state index >= 15 is 0 Å². The van der Waals surface area contributed by atoms with Crippen molar-refractivity contribution < 1.29 is 9.53 Å². The van der Waals surface area contributed by atoms with Crippen LogP contribution in [0.4, 0.5) is 5.82 Å². The number of carbonyl (C=O) groups excluding carboxylic acids is 1. The summed E-state index contributed by atoms with van der Waals surface area (Å²) in [5.41, 5.74) is 5.42. The number of carbonyl (C=O) groups is 1. The lowest BCUT2D eigenvalue weighted by Crippen LogP contribution is -2.17. The smallest absolute Gasteiger partial charge is 0.327 e. The first-order chi connectivity index (χ1) is 8.24. The van der Waals surface area contributed by atoms with Crippen LogP contribution in [0.25, 0.3) is 0 Å². The Kier molecular flexibility index (Phi) is 3.39. The predicted octanol–water partition coefficient (Wildman–Crippen LogP) is -0.0948. The minimum absolute atomic E-state index is 0.0658. The second kappa shape index (κ2) is 5.15. The molecule has 2 rings (SSSR count). The molecule has 0 fully saturated rings. The van der Waals surface area contributed by atoms with Gasteiger partial charge in [0.15, 0.2) is 0 Å². The van der Waals surface area contributed by atoms with Crippen LogP contribution in [0.3, 0.4) is 0 Å². The fraction of sp³-hybridized carbons (Fsp3) is 0.300. The summed E-state index contributed by atoms with van der Waals surface area (Å²) in [4.78, 5) is 11.4. The van der Waals surface area contributed by atoms with Crippen molar-refractivity contribution in [2.45, 2.75) is 13.1 Å². The molecule has 0 aliphatic rings. The van der Waals surface area contributed by atoms with Crippen LogP contribution < -0.4 is 5.73 Å². The number of rotatable bonds is 5. The Hall–Kier alpha value is -2.31. The van der Waals surface area contributed by atoms with Gasteiger partial charge in [-0.25, -0.2) is 0 Å². The zero-order chi connectivity index (χ0) is 12.1. The van der Waals surface area contributed by atoms with Crippen molar-refractivity contribution in [1.82, 2.24) is 19.6 Å². The molecule has 0 amide bonds. The van der Waals surface area contributed by atoms with Crippen LogP contribution in [0.5, 0.6) is 0 Å². The summed E-state index contributed by atoms with van der Waals surface area (Å²) >= 11 is 0. The lowest BCUT2D eigenvalue weighted by atomic mass is 10.6. The largest absolute Gasteiger partial charge is 0.462 e. The zero-order valence-electron chi connectivity index (χ0n) is 9.19.